The minimum atomic E-state index is -0.747. The lowest BCUT2D eigenvalue weighted by Crippen LogP contribution is -2.50. The highest BCUT2D eigenvalue weighted by atomic mass is 35.5. The van der Waals surface area contributed by atoms with Crippen molar-refractivity contribution in [2.45, 2.75) is 56.5 Å². The molecule has 4 rings (SSSR count). The maximum Gasteiger partial charge on any atom is 0.317 e. The molecule has 35 heavy (non-hydrogen) atoms. The molecule has 3 atom stereocenters. The number of allylic oxidation sites excluding steroid dienone is 2. The molecule has 1 fully saturated rings. The summed E-state index contributed by atoms with van der Waals surface area (Å²) >= 11 is 19.5. The largest absolute Gasteiger partial charge is 0.480 e. The first-order chi connectivity index (χ1) is 16.6. The van der Waals surface area contributed by atoms with Crippen LogP contribution >= 0.6 is 34.8 Å². The van der Waals surface area contributed by atoms with E-state index in [1.807, 2.05) is 25.1 Å². The minimum Gasteiger partial charge on any atom is -0.480 e. The lowest BCUT2D eigenvalue weighted by molar-refractivity contribution is -0.138. The van der Waals surface area contributed by atoms with Crippen LogP contribution in [0, 0.1) is 0 Å². The zero-order chi connectivity index (χ0) is 25.2. The Labute approximate surface area is 223 Å². The van der Waals surface area contributed by atoms with Gasteiger partial charge in [-0.2, -0.15) is 0 Å². The molecule has 0 amide bonds. The number of anilines is 1. The summed E-state index contributed by atoms with van der Waals surface area (Å²) in [4.78, 5) is 15.2. The smallest absolute Gasteiger partial charge is 0.317 e. The van der Waals surface area contributed by atoms with Crippen LogP contribution < -0.4 is 5.32 Å². The molecule has 2 heterocycles. The monoisotopic (exact) mass is 537 g/mol. The lowest BCUT2D eigenvalue weighted by Gasteiger charge is -2.40. The van der Waals surface area contributed by atoms with Crippen LogP contribution in [0.1, 0.15) is 45.1 Å². The number of carboxylic acid groups (broad SMARTS) is 1. The maximum atomic E-state index is 11.1. The van der Waals surface area contributed by atoms with E-state index in [0.29, 0.717) is 17.5 Å². The molecule has 8 heteroatoms. The van der Waals surface area contributed by atoms with Gasteiger partial charge in [0.05, 0.1) is 22.1 Å². The van der Waals surface area contributed by atoms with E-state index in [0.717, 1.165) is 61.7 Å². The number of halogens is 3. The normalized spacial score (nSPS) is 27.0. The molecule has 1 aromatic carbocycles. The van der Waals surface area contributed by atoms with Crippen LogP contribution in [0.15, 0.2) is 47.0 Å². The number of rotatable bonds is 7. The molecule has 2 aliphatic heterocycles. The summed E-state index contributed by atoms with van der Waals surface area (Å²) in [5.41, 5.74) is 4.41. The van der Waals surface area contributed by atoms with E-state index in [2.05, 4.69) is 40.2 Å². The van der Waals surface area contributed by atoms with E-state index in [1.165, 1.54) is 11.1 Å². The van der Waals surface area contributed by atoms with Gasteiger partial charge < -0.3 is 10.4 Å². The van der Waals surface area contributed by atoms with Gasteiger partial charge >= 0.3 is 5.97 Å². The van der Waals surface area contributed by atoms with Crippen molar-refractivity contribution in [3.8, 4) is 0 Å². The van der Waals surface area contributed by atoms with Crippen LogP contribution in [0.4, 0.5) is 5.69 Å². The number of carbonyl (C=O) groups is 1. The van der Waals surface area contributed by atoms with Gasteiger partial charge in [-0.25, -0.2) is 0 Å². The number of carboxylic acids is 1. The van der Waals surface area contributed by atoms with E-state index in [9.17, 15) is 4.79 Å². The maximum absolute atomic E-state index is 11.1. The highest BCUT2D eigenvalue weighted by molar-refractivity contribution is 6.33. The van der Waals surface area contributed by atoms with Gasteiger partial charge in [-0.05, 0) is 68.5 Å². The van der Waals surface area contributed by atoms with E-state index in [4.69, 9.17) is 39.9 Å². The van der Waals surface area contributed by atoms with Crippen LogP contribution in [0.2, 0.25) is 5.02 Å². The van der Waals surface area contributed by atoms with Crippen molar-refractivity contribution in [2.24, 2.45) is 0 Å². The fraction of sp³-hybridized carbons (Fsp3) is 0.519. The molecule has 190 valence electrons. The molecule has 0 radical (unpaired) electrons. The van der Waals surface area contributed by atoms with E-state index in [-0.39, 0.29) is 12.6 Å². The summed E-state index contributed by atoms with van der Waals surface area (Å²) < 4.78 is 0. The number of alkyl halides is 1. The van der Waals surface area contributed by atoms with Gasteiger partial charge in [-0.1, -0.05) is 47.5 Å². The fourth-order valence-electron chi connectivity index (χ4n) is 5.29. The lowest BCUT2D eigenvalue weighted by atomic mass is 9.93. The standard InChI is InChI=1S/C27H34Cl3N3O2/c1-18(22-7-10-27(2,30)15-24(22)29)31-25-14-20(5-6-23(25)28)19-8-12-33(13-9-19)21-4-3-11-32(16-21)17-26(34)35/h5-8,10,14,18,21,31H,3-4,9,11-13,15-17H2,1-2H3,(H,34,35)/t18?,21-,27?/m0/s1. The predicted molar refractivity (Wildman–Crippen MR) is 147 cm³/mol. The number of nitrogens with zero attached hydrogens (tertiary/aromatic N) is 2. The van der Waals surface area contributed by atoms with Crippen molar-refractivity contribution in [3.05, 3.63) is 57.6 Å². The number of piperidine rings is 1. The third-order valence-electron chi connectivity index (χ3n) is 7.20. The first kappa shape index (κ1) is 26.6. The topological polar surface area (TPSA) is 55.8 Å². The summed E-state index contributed by atoms with van der Waals surface area (Å²) in [6.45, 7) is 7.74. The van der Waals surface area contributed by atoms with Crippen LogP contribution in [0.5, 0.6) is 0 Å². The molecule has 1 aromatic rings. The summed E-state index contributed by atoms with van der Waals surface area (Å²) in [7, 11) is 0. The summed E-state index contributed by atoms with van der Waals surface area (Å²) in [6.07, 6.45) is 10.1. The van der Waals surface area contributed by atoms with Gasteiger partial charge in [0.15, 0.2) is 0 Å². The second kappa shape index (κ2) is 11.3. The molecule has 1 aliphatic carbocycles. The van der Waals surface area contributed by atoms with Crippen LogP contribution in [0.3, 0.4) is 0 Å². The second-order valence-corrected chi connectivity index (χ2v) is 11.8. The molecule has 0 saturated carbocycles. The first-order valence-electron chi connectivity index (χ1n) is 12.3. The molecule has 0 aromatic heterocycles. The Morgan fingerprint density at radius 3 is 2.80 bits per heavy atom. The van der Waals surface area contributed by atoms with E-state index >= 15 is 0 Å². The Morgan fingerprint density at radius 2 is 2.11 bits per heavy atom. The molecular weight excluding hydrogens is 505 g/mol. The number of benzene rings is 1. The van der Waals surface area contributed by atoms with Gasteiger partial charge in [0.1, 0.15) is 0 Å². The summed E-state index contributed by atoms with van der Waals surface area (Å²) in [6, 6.07) is 6.57. The van der Waals surface area contributed by atoms with Gasteiger partial charge in [0.2, 0.25) is 0 Å². The Morgan fingerprint density at radius 1 is 1.31 bits per heavy atom. The molecule has 2 unspecified atom stereocenters. The quantitative estimate of drug-likeness (QED) is 0.403. The van der Waals surface area contributed by atoms with E-state index in [1.54, 1.807) is 0 Å². The number of likely N-dealkylation sites (tertiary alicyclic amines) is 1. The third-order valence-corrected chi connectivity index (χ3v) is 8.14. The van der Waals surface area contributed by atoms with Crippen molar-refractivity contribution in [1.82, 2.24) is 9.80 Å². The summed E-state index contributed by atoms with van der Waals surface area (Å²) in [5, 5.41) is 14.1. The Kier molecular flexibility index (Phi) is 8.55. The molecule has 3 aliphatic rings. The van der Waals surface area contributed by atoms with Crippen molar-refractivity contribution in [3.63, 3.8) is 0 Å². The van der Waals surface area contributed by atoms with Crippen LogP contribution in [-0.4, -0.2) is 70.6 Å². The van der Waals surface area contributed by atoms with Gasteiger partial charge in [-0.15, -0.1) is 11.6 Å². The van der Waals surface area contributed by atoms with Crippen LogP contribution in [0.25, 0.3) is 5.57 Å². The highest BCUT2D eigenvalue weighted by Gasteiger charge is 2.28. The molecule has 1 saturated heterocycles. The highest BCUT2D eigenvalue weighted by Crippen LogP contribution is 2.37. The molecule has 0 spiro atoms. The van der Waals surface area contributed by atoms with Crippen molar-refractivity contribution in [2.75, 3.05) is 38.0 Å². The third kappa shape index (κ3) is 6.84. The average molecular weight is 539 g/mol. The van der Waals surface area contributed by atoms with Crippen molar-refractivity contribution >= 4 is 52.0 Å². The second-order valence-electron chi connectivity index (χ2n) is 10.1. The number of hydrogen-bond acceptors (Lipinski definition) is 4. The zero-order valence-corrected chi connectivity index (χ0v) is 22.6. The number of hydrogen-bond donors (Lipinski definition) is 2. The van der Waals surface area contributed by atoms with E-state index < -0.39 is 10.8 Å². The van der Waals surface area contributed by atoms with Gasteiger partial charge in [0.25, 0.3) is 0 Å². The molecule has 0 bridgehead atoms. The summed E-state index contributed by atoms with van der Waals surface area (Å²) in [5.74, 6) is -0.747. The predicted octanol–water partition coefficient (Wildman–Crippen LogP) is 6.23. The van der Waals surface area contributed by atoms with Crippen LogP contribution in [-0.2, 0) is 4.79 Å². The van der Waals surface area contributed by atoms with Gasteiger partial charge in [-0.3, -0.25) is 14.6 Å². The van der Waals surface area contributed by atoms with Crippen molar-refractivity contribution < 1.29 is 9.90 Å². The molecule has 2 N–H and O–H groups in total. The zero-order valence-electron chi connectivity index (χ0n) is 20.4. The number of nitrogens with one attached hydrogen (secondary N) is 1. The molecular formula is C27H34Cl3N3O2. The number of aliphatic carboxylic acids is 1. The van der Waals surface area contributed by atoms with Crippen molar-refractivity contribution in [1.29, 1.82) is 0 Å². The Hall–Kier alpha value is -1.50. The first-order valence-corrected chi connectivity index (χ1v) is 13.4. The average Bonchev–Trinajstić information content (AvgIpc) is 2.80. The fourth-order valence-corrected chi connectivity index (χ4v) is 6.23. The Balaban J connectivity index is 1.41. The Bertz CT molecular complexity index is 1050. The van der Waals surface area contributed by atoms with Gasteiger partial charge in [0, 0.05) is 43.2 Å². The SMILES string of the molecule is CC(Nc1cc(C2=CCN([C@H]3CCCN(CC(=O)O)C3)CC2)ccc1Cl)C1=C(Cl)CC(C)(Cl)C=C1. The molecule has 5 nitrogen and oxygen atoms in total. The minimum absolute atomic E-state index is 0.00450.